The topological polar surface area (TPSA) is 146 Å². The Hall–Kier alpha value is -0.580. The normalized spacial score (nSPS) is 28.3. The van der Waals surface area contributed by atoms with E-state index in [2.05, 4.69) is 6.92 Å². The van der Waals surface area contributed by atoms with E-state index in [-0.39, 0.29) is 6.61 Å². The van der Waals surface area contributed by atoms with E-state index in [0.717, 1.165) is 12.8 Å². The second-order valence-corrected chi connectivity index (χ2v) is 8.94. The van der Waals surface area contributed by atoms with Crippen LogP contribution in [0.3, 0.4) is 0 Å². The number of rotatable bonds is 18. The molecule has 1 fully saturated rings. The van der Waals surface area contributed by atoms with Crippen LogP contribution in [0.4, 0.5) is 0 Å². The Morgan fingerprint density at radius 2 is 1.44 bits per heavy atom. The summed E-state index contributed by atoms with van der Waals surface area (Å²) >= 11 is 0. The fourth-order valence-electron chi connectivity index (χ4n) is 3.81. The fourth-order valence-corrected chi connectivity index (χ4v) is 3.81. The molecular formula is C24H47NO7. The number of unbranched alkanes of at least 4 members (excludes halogenated alkanes) is 11. The van der Waals surface area contributed by atoms with Crippen LogP contribution in [0, 0.1) is 0 Å². The molecule has 1 aliphatic heterocycles. The molecule has 1 heterocycles. The molecule has 0 aromatic rings. The van der Waals surface area contributed by atoms with Crippen LogP contribution < -0.4 is 5.73 Å². The Bertz CT molecular complexity index is 477. The maximum Gasteiger partial charge on any atom is 0.186 e. The smallest absolute Gasteiger partial charge is 0.186 e. The van der Waals surface area contributed by atoms with Crippen LogP contribution in [-0.2, 0) is 9.47 Å². The van der Waals surface area contributed by atoms with Crippen LogP contribution in [0.2, 0.25) is 0 Å². The third-order valence-corrected chi connectivity index (χ3v) is 6.05. The van der Waals surface area contributed by atoms with Crippen LogP contribution in [0.25, 0.3) is 0 Å². The van der Waals surface area contributed by atoms with E-state index in [1.54, 1.807) is 6.08 Å². The van der Waals surface area contributed by atoms with Gasteiger partial charge in [0, 0.05) is 0 Å². The first-order chi connectivity index (χ1) is 15.4. The molecule has 0 radical (unpaired) electrons. The zero-order valence-electron chi connectivity index (χ0n) is 19.7. The lowest BCUT2D eigenvalue weighted by Crippen LogP contribution is -2.59. The van der Waals surface area contributed by atoms with Crippen LogP contribution in [0.5, 0.6) is 0 Å². The monoisotopic (exact) mass is 461 g/mol. The van der Waals surface area contributed by atoms with Crippen molar-refractivity contribution in [1.82, 2.24) is 0 Å². The highest BCUT2D eigenvalue weighted by molar-refractivity contribution is 4.94. The SMILES string of the molecule is CCCCCCCCCCCCC/C=C/[C@@H](O)[C@@H](N)CO[C@@H]1OC(CO)[C@@H](O)[C@@H](O)C1O. The van der Waals surface area contributed by atoms with Crippen LogP contribution >= 0.6 is 0 Å². The third kappa shape index (κ3) is 11.5. The van der Waals surface area contributed by atoms with Crippen molar-refractivity contribution >= 4 is 0 Å². The molecular weight excluding hydrogens is 414 g/mol. The lowest BCUT2D eigenvalue weighted by molar-refractivity contribution is -0.302. The van der Waals surface area contributed by atoms with Crippen molar-refractivity contribution in [3.05, 3.63) is 12.2 Å². The first-order valence-corrected chi connectivity index (χ1v) is 12.4. The molecule has 1 saturated heterocycles. The molecule has 2 unspecified atom stereocenters. The van der Waals surface area contributed by atoms with Gasteiger partial charge >= 0.3 is 0 Å². The largest absolute Gasteiger partial charge is 0.394 e. The molecule has 0 saturated carbocycles. The van der Waals surface area contributed by atoms with Crippen molar-refractivity contribution in [2.75, 3.05) is 13.2 Å². The minimum atomic E-state index is -1.50. The molecule has 0 spiro atoms. The predicted octanol–water partition coefficient (Wildman–Crippen LogP) is 1.75. The third-order valence-electron chi connectivity index (χ3n) is 6.05. The Morgan fingerprint density at radius 3 is 2.00 bits per heavy atom. The lowest BCUT2D eigenvalue weighted by atomic mass is 9.99. The van der Waals surface area contributed by atoms with Gasteiger partial charge in [-0.1, -0.05) is 83.3 Å². The van der Waals surface area contributed by atoms with Gasteiger partial charge in [0.15, 0.2) is 6.29 Å². The summed E-state index contributed by atoms with van der Waals surface area (Å²) in [6, 6.07) is -0.740. The van der Waals surface area contributed by atoms with E-state index < -0.39 is 49.5 Å². The number of hydrogen-bond donors (Lipinski definition) is 6. The molecule has 1 aliphatic rings. The second-order valence-electron chi connectivity index (χ2n) is 8.94. The molecule has 7 atom stereocenters. The van der Waals surface area contributed by atoms with Crippen molar-refractivity contribution in [2.24, 2.45) is 5.73 Å². The average Bonchev–Trinajstić information content (AvgIpc) is 2.79. The minimum Gasteiger partial charge on any atom is -0.394 e. The molecule has 0 bridgehead atoms. The van der Waals surface area contributed by atoms with Gasteiger partial charge in [-0.25, -0.2) is 0 Å². The first kappa shape index (κ1) is 29.5. The molecule has 0 amide bonds. The lowest BCUT2D eigenvalue weighted by Gasteiger charge is -2.39. The summed E-state index contributed by atoms with van der Waals surface area (Å²) in [6.45, 7) is 1.60. The van der Waals surface area contributed by atoms with Gasteiger partial charge in [0.05, 0.1) is 25.4 Å². The average molecular weight is 462 g/mol. The van der Waals surface area contributed by atoms with E-state index in [1.807, 2.05) is 6.08 Å². The zero-order chi connectivity index (χ0) is 23.8. The van der Waals surface area contributed by atoms with Gasteiger partial charge in [0.25, 0.3) is 0 Å². The van der Waals surface area contributed by atoms with Gasteiger partial charge in [-0.3, -0.25) is 0 Å². The van der Waals surface area contributed by atoms with Gasteiger partial charge in [-0.05, 0) is 12.8 Å². The Morgan fingerprint density at radius 1 is 0.875 bits per heavy atom. The van der Waals surface area contributed by atoms with E-state index in [1.165, 1.54) is 64.2 Å². The summed E-state index contributed by atoms with van der Waals surface area (Å²) in [5.74, 6) is 0. The van der Waals surface area contributed by atoms with Gasteiger partial charge < -0.3 is 40.7 Å². The van der Waals surface area contributed by atoms with Gasteiger partial charge in [-0.15, -0.1) is 0 Å². The van der Waals surface area contributed by atoms with Crippen molar-refractivity contribution < 1.29 is 35.0 Å². The van der Waals surface area contributed by atoms with E-state index in [4.69, 9.17) is 15.2 Å². The molecule has 1 rings (SSSR count). The molecule has 32 heavy (non-hydrogen) atoms. The van der Waals surface area contributed by atoms with Gasteiger partial charge in [0.1, 0.15) is 24.4 Å². The van der Waals surface area contributed by atoms with Crippen LogP contribution in [0.15, 0.2) is 12.2 Å². The Balaban J connectivity index is 2.10. The molecule has 8 heteroatoms. The maximum atomic E-state index is 10.2. The highest BCUT2D eigenvalue weighted by Crippen LogP contribution is 2.22. The summed E-state index contributed by atoms with van der Waals surface area (Å²) in [7, 11) is 0. The summed E-state index contributed by atoms with van der Waals surface area (Å²) in [5.41, 5.74) is 5.93. The van der Waals surface area contributed by atoms with Gasteiger partial charge in [-0.2, -0.15) is 0 Å². The van der Waals surface area contributed by atoms with Crippen molar-refractivity contribution in [3.8, 4) is 0 Å². The van der Waals surface area contributed by atoms with Crippen LogP contribution in [-0.4, -0.2) is 81.6 Å². The second kappa shape index (κ2) is 17.8. The zero-order valence-corrected chi connectivity index (χ0v) is 19.7. The molecule has 8 nitrogen and oxygen atoms in total. The summed E-state index contributed by atoms with van der Waals surface area (Å²) < 4.78 is 10.6. The number of nitrogens with two attached hydrogens (primary N) is 1. The Kier molecular flexibility index (Phi) is 16.4. The molecule has 0 aromatic heterocycles. The van der Waals surface area contributed by atoms with Gasteiger partial charge in [0.2, 0.25) is 0 Å². The quantitative estimate of drug-likeness (QED) is 0.134. The number of allylic oxidation sites excluding steroid dienone is 1. The minimum absolute atomic E-state index is 0.118. The fraction of sp³-hybridized carbons (Fsp3) is 0.917. The summed E-state index contributed by atoms with van der Waals surface area (Å²) in [6.07, 6.45) is 11.1. The highest BCUT2D eigenvalue weighted by Gasteiger charge is 2.44. The number of aliphatic hydroxyl groups is 5. The number of aliphatic hydroxyl groups excluding tert-OH is 5. The molecule has 0 aromatic carbocycles. The van der Waals surface area contributed by atoms with E-state index >= 15 is 0 Å². The highest BCUT2D eigenvalue weighted by atomic mass is 16.7. The maximum absolute atomic E-state index is 10.2. The van der Waals surface area contributed by atoms with Crippen molar-refractivity contribution in [1.29, 1.82) is 0 Å². The molecule has 190 valence electrons. The predicted molar refractivity (Wildman–Crippen MR) is 124 cm³/mol. The molecule has 7 N–H and O–H groups in total. The number of hydrogen-bond acceptors (Lipinski definition) is 8. The first-order valence-electron chi connectivity index (χ1n) is 12.4. The standard InChI is InChI=1S/C24H47NO7/c1-2-3-4-5-6-7-8-9-10-11-12-13-14-15-19(27)18(25)17-31-24-23(30)22(29)21(28)20(16-26)32-24/h14-15,18-24,26-30H,2-13,16-17,25H2,1H3/b15-14+/t18-,19+,20?,21+,22+,23?,24+/m0/s1. The van der Waals surface area contributed by atoms with Crippen LogP contribution in [0.1, 0.15) is 84.0 Å². The van der Waals surface area contributed by atoms with E-state index in [9.17, 15) is 25.5 Å². The van der Waals surface area contributed by atoms with Crippen molar-refractivity contribution in [2.45, 2.75) is 127 Å². The number of ether oxygens (including phenoxy) is 2. The Labute approximate surface area is 193 Å². The van der Waals surface area contributed by atoms with E-state index in [0.29, 0.717) is 0 Å². The molecule has 0 aliphatic carbocycles. The summed E-state index contributed by atoms with van der Waals surface area (Å²) in [4.78, 5) is 0. The van der Waals surface area contributed by atoms with Crippen molar-refractivity contribution in [3.63, 3.8) is 0 Å². The summed E-state index contributed by atoms with van der Waals surface area (Å²) in [5, 5.41) is 48.8.